The van der Waals surface area contributed by atoms with Crippen molar-refractivity contribution in [3.8, 4) is 5.75 Å². The van der Waals surface area contributed by atoms with Crippen molar-refractivity contribution in [1.82, 2.24) is 0 Å². The van der Waals surface area contributed by atoms with E-state index in [0.717, 1.165) is 29.5 Å². The largest absolute Gasteiger partial charge is 0.506 e. The summed E-state index contributed by atoms with van der Waals surface area (Å²) in [6.07, 6.45) is 2.37. The Balaban J connectivity index is 2.41. The van der Waals surface area contributed by atoms with E-state index in [1.165, 1.54) is 0 Å². The van der Waals surface area contributed by atoms with E-state index >= 15 is 0 Å². The lowest BCUT2D eigenvalue weighted by Crippen LogP contribution is -2.13. The van der Waals surface area contributed by atoms with E-state index in [1.807, 2.05) is 13.8 Å². The first-order valence-corrected chi connectivity index (χ1v) is 5.51. The Labute approximate surface area is 94.5 Å². The summed E-state index contributed by atoms with van der Waals surface area (Å²) in [4.78, 5) is 0. The number of phenols is 1. The molecular formula is C12H15ClO2. The number of benzene rings is 1. The van der Waals surface area contributed by atoms with Crippen molar-refractivity contribution < 1.29 is 10.2 Å². The zero-order valence-corrected chi connectivity index (χ0v) is 9.73. The van der Waals surface area contributed by atoms with Crippen LogP contribution in [0.2, 0.25) is 5.02 Å². The summed E-state index contributed by atoms with van der Waals surface area (Å²) in [5, 5.41) is 19.8. The number of hydrogen-bond donors (Lipinski definition) is 2. The molecule has 0 heterocycles. The third-order valence-corrected chi connectivity index (χ3v) is 3.65. The Morgan fingerprint density at radius 2 is 2.00 bits per heavy atom. The summed E-state index contributed by atoms with van der Waals surface area (Å²) in [5.74, 6) is 0.123. The second-order valence-corrected chi connectivity index (χ2v) is 4.91. The fourth-order valence-corrected chi connectivity index (χ4v) is 2.07. The topological polar surface area (TPSA) is 40.5 Å². The van der Waals surface area contributed by atoms with Crippen molar-refractivity contribution in [1.29, 1.82) is 0 Å². The van der Waals surface area contributed by atoms with Crippen LogP contribution in [0.25, 0.3) is 0 Å². The highest BCUT2D eigenvalue weighted by atomic mass is 35.5. The van der Waals surface area contributed by atoms with Gasteiger partial charge < -0.3 is 10.2 Å². The minimum atomic E-state index is -0.518. The summed E-state index contributed by atoms with van der Waals surface area (Å²) in [6.45, 7) is 3.82. The van der Waals surface area contributed by atoms with E-state index in [2.05, 4.69) is 0 Å². The summed E-state index contributed by atoms with van der Waals surface area (Å²) in [6, 6.07) is 1.66. The van der Waals surface area contributed by atoms with Gasteiger partial charge in [0, 0.05) is 6.42 Å². The van der Waals surface area contributed by atoms with Crippen LogP contribution in [-0.2, 0) is 6.42 Å². The molecule has 2 rings (SSSR count). The quantitative estimate of drug-likeness (QED) is 0.814. The molecule has 1 saturated carbocycles. The van der Waals surface area contributed by atoms with E-state index < -0.39 is 5.60 Å². The molecule has 0 amide bonds. The van der Waals surface area contributed by atoms with Gasteiger partial charge in [-0.05, 0) is 49.4 Å². The van der Waals surface area contributed by atoms with Gasteiger partial charge >= 0.3 is 0 Å². The van der Waals surface area contributed by atoms with Crippen molar-refractivity contribution >= 4 is 11.6 Å². The van der Waals surface area contributed by atoms with Gasteiger partial charge in [-0.25, -0.2) is 0 Å². The van der Waals surface area contributed by atoms with Crippen LogP contribution in [-0.4, -0.2) is 15.8 Å². The lowest BCUT2D eigenvalue weighted by atomic mass is 9.96. The molecular weight excluding hydrogens is 212 g/mol. The second-order valence-electron chi connectivity index (χ2n) is 4.53. The summed E-state index contributed by atoms with van der Waals surface area (Å²) < 4.78 is 0. The molecule has 0 radical (unpaired) electrons. The van der Waals surface area contributed by atoms with Gasteiger partial charge in [0.1, 0.15) is 5.75 Å². The van der Waals surface area contributed by atoms with E-state index in [1.54, 1.807) is 6.07 Å². The lowest BCUT2D eigenvalue weighted by molar-refractivity contribution is 0.150. The predicted molar refractivity (Wildman–Crippen MR) is 60.5 cm³/mol. The minimum Gasteiger partial charge on any atom is -0.506 e. The normalized spacial score (nSPS) is 17.9. The van der Waals surface area contributed by atoms with E-state index in [9.17, 15) is 10.2 Å². The number of aliphatic hydroxyl groups is 1. The molecule has 0 saturated heterocycles. The first kappa shape index (κ1) is 10.8. The van der Waals surface area contributed by atoms with Crippen molar-refractivity contribution in [2.75, 3.05) is 0 Å². The van der Waals surface area contributed by atoms with Gasteiger partial charge in [-0.3, -0.25) is 0 Å². The van der Waals surface area contributed by atoms with Gasteiger partial charge in [0.15, 0.2) is 0 Å². The van der Waals surface area contributed by atoms with Gasteiger partial charge in [-0.1, -0.05) is 11.6 Å². The smallest absolute Gasteiger partial charge is 0.134 e. The zero-order valence-electron chi connectivity index (χ0n) is 8.97. The molecule has 1 aromatic rings. The minimum absolute atomic E-state index is 0.123. The molecule has 0 atom stereocenters. The molecule has 2 N–H and O–H groups in total. The first-order valence-electron chi connectivity index (χ1n) is 5.13. The highest BCUT2D eigenvalue weighted by Crippen LogP contribution is 2.41. The molecule has 0 unspecified atom stereocenters. The number of rotatable bonds is 2. The maximum atomic E-state index is 9.89. The van der Waals surface area contributed by atoms with Crippen molar-refractivity contribution in [3.05, 3.63) is 27.8 Å². The average molecular weight is 227 g/mol. The van der Waals surface area contributed by atoms with Gasteiger partial charge in [-0.2, -0.15) is 0 Å². The van der Waals surface area contributed by atoms with Crippen LogP contribution >= 0.6 is 11.6 Å². The van der Waals surface area contributed by atoms with Crippen LogP contribution < -0.4 is 0 Å². The van der Waals surface area contributed by atoms with E-state index in [-0.39, 0.29) is 5.75 Å². The van der Waals surface area contributed by atoms with Crippen LogP contribution in [0.4, 0.5) is 0 Å². The van der Waals surface area contributed by atoms with E-state index in [0.29, 0.717) is 11.4 Å². The van der Waals surface area contributed by atoms with Gasteiger partial charge in [-0.15, -0.1) is 0 Å². The molecule has 0 aromatic heterocycles. The molecule has 1 fully saturated rings. The summed E-state index contributed by atoms with van der Waals surface area (Å²) >= 11 is 5.97. The van der Waals surface area contributed by atoms with E-state index in [4.69, 9.17) is 11.6 Å². The van der Waals surface area contributed by atoms with Crippen LogP contribution in [0.1, 0.15) is 29.5 Å². The number of halogens is 1. The maximum Gasteiger partial charge on any atom is 0.134 e. The average Bonchev–Trinajstić information content (AvgIpc) is 2.89. The molecule has 2 nitrogen and oxygen atoms in total. The Bertz CT molecular complexity index is 409. The summed E-state index contributed by atoms with van der Waals surface area (Å²) in [5.41, 5.74) is 2.43. The molecule has 1 aliphatic carbocycles. The monoisotopic (exact) mass is 226 g/mol. The Kier molecular flexibility index (Phi) is 2.44. The molecule has 1 aliphatic rings. The van der Waals surface area contributed by atoms with Crippen LogP contribution in [0, 0.1) is 13.8 Å². The lowest BCUT2D eigenvalue weighted by Gasteiger charge is -2.15. The SMILES string of the molecule is Cc1cc(O)c(Cl)c(C)c1CC1(O)CC1. The summed E-state index contributed by atoms with van der Waals surface area (Å²) in [7, 11) is 0. The van der Waals surface area contributed by atoms with Crippen LogP contribution in [0.15, 0.2) is 6.07 Å². The maximum absolute atomic E-state index is 9.89. The number of aromatic hydroxyl groups is 1. The number of hydrogen-bond acceptors (Lipinski definition) is 2. The van der Waals surface area contributed by atoms with Crippen LogP contribution in [0.3, 0.4) is 0 Å². The van der Waals surface area contributed by atoms with Crippen LogP contribution in [0.5, 0.6) is 5.75 Å². The standard InChI is InChI=1S/C12H15ClO2/c1-7-5-10(14)11(13)8(2)9(7)6-12(15)3-4-12/h5,14-15H,3-4,6H2,1-2H3. The zero-order chi connectivity index (χ0) is 11.2. The molecule has 82 valence electrons. The highest BCUT2D eigenvalue weighted by Gasteiger charge is 2.40. The highest BCUT2D eigenvalue weighted by molar-refractivity contribution is 6.32. The molecule has 0 bridgehead atoms. The van der Waals surface area contributed by atoms with Gasteiger partial charge in [0.25, 0.3) is 0 Å². The van der Waals surface area contributed by atoms with Gasteiger partial charge in [0.2, 0.25) is 0 Å². The molecule has 1 aromatic carbocycles. The Hall–Kier alpha value is -0.730. The third kappa shape index (κ3) is 1.97. The molecule has 3 heteroatoms. The Morgan fingerprint density at radius 1 is 1.40 bits per heavy atom. The molecule has 0 spiro atoms. The van der Waals surface area contributed by atoms with Crippen molar-refractivity contribution in [2.24, 2.45) is 0 Å². The third-order valence-electron chi connectivity index (χ3n) is 3.17. The van der Waals surface area contributed by atoms with Crippen molar-refractivity contribution in [2.45, 2.75) is 38.7 Å². The Morgan fingerprint density at radius 3 is 2.53 bits per heavy atom. The van der Waals surface area contributed by atoms with Crippen molar-refractivity contribution in [3.63, 3.8) is 0 Å². The number of aryl methyl sites for hydroxylation is 1. The molecule has 15 heavy (non-hydrogen) atoms. The number of phenolic OH excluding ortho intramolecular Hbond substituents is 1. The fraction of sp³-hybridized carbons (Fsp3) is 0.500. The molecule has 0 aliphatic heterocycles. The fourth-order valence-electron chi connectivity index (χ4n) is 1.90. The first-order chi connectivity index (χ1) is 6.93. The second kappa shape index (κ2) is 3.39. The predicted octanol–water partition coefficient (Wildman–Crippen LogP) is 2.73. The van der Waals surface area contributed by atoms with Gasteiger partial charge in [0.05, 0.1) is 10.6 Å².